The molecule has 0 atom stereocenters. The largest absolute Gasteiger partial charge is 0.452 e. The predicted octanol–water partition coefficient (Wildman–Crippen LogP) is 2.54. The highest BCUT2D eigenvalue weighted by Crippen LogP contribution is 2.20. The van der Waals surface area contributed by atoms with Gasteiger partial charge in [0.25, 0.3) is 5.89 Å². The zero-order chi connectivity index (χ0) is 19.6. The van der Waals surface area contributed by atoms with Crippen LogP contribution in [0, 0.1) is 5.82 Å². The molecule has 0 bridgehead atoms. The van der Waals surface area contributed by atoms with Gasteiger partial charge in [-0.15, -0.1) is 0 Å². The van der Waals surface area contributed by atoms with E-state index in [1.54, 1.807) is 6.07 Å². The van der Waals surface area contributed by atoms with E-state index in [1.165, 1.54) is 25.4 Å². The number of carbonyl (C=O) groups is 1. The minimum atomic E-state index is -3.82. The van der Waals surface area contributed by atoms with Gasteiger partial charge in [-0.2, -0.15) is 16.3 Å². The van der Waals surface area contributed by atoms with Crippen molar-refractivity contribution in [3.8, 4) is 11.4 Å². The van der Waals surface area contributed by atoms with E-state index in [2.05, 4.69) is 10.1 Å². The van der Waals surface area contributed by atoms with Gasteiger partial charge >= 0.3 is 5.97 Å². The zero-order valence-corrected chi connectivity index (χ0v) is 15.9. The summed E-state index contributed by atoms with van der Waals surface area (Å²) in [6, 6.07) is 4.70. The lowest BCUT2D eigenvalue weighted by atomic mass is 10.2. The maximum Gasteiger partial charge on any atom is 0.341 e. The number of rotatable bonds is 6. The van der Waals surface area contributed by atoms with Crippen molar-refractivity contribution >= 4 is 27.3 Å². The molecule has 3 rings (SSSR count). The summed E-state index contributed by atoms with van der Waals surface area (Å²) in [4.78, 5) is 16.0. The summed E-state index contributed by atoms with van der Waals surface area (Å²) in [5.41, 5.74) is 0.254. The Kier molecular flexibility index (Phi) is 5.35. The molecule has 3 aromatic rings. The highest BCUT2D eigenvalue weighted by molar-refractivity contribution is 7.89. The number of halogens is 1. The number of aromatic nitrogens is 2. The third-order valence-electron chi connectivity index (χ3n) is 3.51. The van der Waals surface area contributed by atoms with Crippen LogP contribution in [0.3, 0.4) is 0 Å². The smallest absolute Gasteiger partial charge is 0.341 e. The van der Waals surface area contributed by atoms with E-state index in [0.29, 0.717) is 5.82 Å². The molecule has 0 radical (unpaired) electrons. The van der Waals surface area contributed by atoms with Crippen molar-refractivity contribution in [2.45, 2.75) is 11.5 Å². The summed E-state index contributed by atoms with van der Waals surface area (Å²) < 4.78 is 49.1. The fourth-order valence-electron chi connectivity index (χ4n) is 2.06. The van der Waals surface area contributed by atoms with Crippen molar-refractivity contribution in [2.24, 2.45) is 0 Å². The van der Waals surface area contributed by atoms with Crippen LogP contribution >= 0.6 is 11.3 Å². The van der Waals surface area contributed by atoms with Crippen LogP contribution in [-0.4, -0.2) is 42.9 Å². The molecule has 0 N–H and O–H groups in total. The third kappa shape index (κ3) is 4.04. The maximum atomic E-state index is 14.0. The highest BCUT2D eigenvalue weighted by atomic mass is 32.2. The Bertz CT molecular complexity index is 1060. The molecule has 0 aliphatic heterocycles. The SMILES string of the molecule is CN(C)S(=O)(=O)c1ccc(F)c(C(=O)OCc2nc(-c3ccsc3)no2)c1. The summed E-state index contributed by atoms with van der Waals surface area (Å²) in [5, 5.41) is 7.44. The molecule has 2 aromatic heterocycles. The number of benzene rings is 1. The quantitative estimate of drug-likeness (QED) is 0.574. The van der Waals surface area contributed by atoms with Crippen LogP contribution < -0.4 is 0 Å². The standard InChI is InChI=1S/C16H14FN3O5S2/c1-20(2)27(22,23)11-3-4-13(17)12(7-11)16(21)24-8-14-18-15(19-25-14)10-5-6-26-9-10/h3-7,9H,8H2,1-2H3. The molecule has 2 heterocycles. The van der Waals surface area contributed by atoms with Crippen LogP contribution in [0.1, 0.15) is 16.2 Å². The molecule has 0 saturated carbocycles. The second-order valence-corrected chi connectivity index (χ2v) is 8.46. The molecule has 8 nitrogen and oxygen atoms in total. The van der Waals surface area contributed by atoms with Crippen molar-refractivity contribution in [1.29, 1.82) is 0 Å². The molecule has 0 saturated heterocycles. The van der Waals surface area contributed by atoms with Crippen LogP contribution in [0.25, 0.3) is 11.4 Å². The Hall–Kier alpha value is -2.63. The summed E-state index contributed by atoms with van der Waals surface area (Å²) in [7, 11) is -1.16. The molecule has 1 aromatic carbocycles. The Morgan fingerprint density at radius 1 is 1.33 bits per heavy atom. The number of nitrogens with zero attached hydrogens (tertiary/aromatic N) is 3. The predicted molar refractivity (Wildman–Crippen MR) is 94.0 cm³/mol. The topological polar surface area (TPSA) is 103 Å². The van der Waals surface area contributed by atoms with Crippen molar-refractivity contribution in [2.75, 3.05) is 14.1 Å². The minimum absolute atomic E-state index is 0.0297. The van der Waals surface area contributed by atoms with Gasteiger partial charge in [-0.25, -0.2) is 21.9 Å². The first kappa shape index (κ1) is 19.1. The monoisotopic (exact) mass is 411 g/mol. The molecular formula is C16H14FN3O5S2. The molecule has 11 heteroatoms. The second kappa shape index (κ2) is 7.55. The molecule has 0 fully saturated rings. The number of hydrogen-bond acceptors (Lipinski definition) is 8. The first-order valence-electron chi connectivity index (χ1n) is 7.53. The molecule has 0 aliphatic carbocycles. The fraction of sp³-hybridized carbons (Fsp3) is 0.188. The van der Waals surface area contributed by atoms with Gasteiger partial charge in [0, 0.05) is 25.0 Å². The maximum absolute atomic E-state index is 14.0. The Balaban J connectivity index is 1.75. The number of carbonyl (C=O) groups excluding carboxylic acids is 1. The van der Waals surface area contributed by atoms with Gasteiger partial charge in [-0.3, -0.25) is 0 Å². The Labute approximate surface area is 158 Å². The van der Waals surface area contributed by atoms with Gasteiger partial charge in [0.05, 0.1) is 10.5 Å². The lowest BCUT2D eigenvalue weighted by Gasteiger charge is -2.12. The number of esters is 1. The van der Waals surface area contributed by atoms with Crippen LogP contribution in [-0.2, 0) is 21.4 Å². The Morgan fingerprint density at radius 2 is 2.11 bits per heavy atom. The number of ether oxygens (including phenoxy) is 1. The van der Waals surface area contributed by atoms with Crippen molar-refractivity contribution in [3.05, 3.63) is 52.3 Å². The van der Waals surface area contributed by atoms with E-state index in [-0.39, 0.29) is 17.4 Å². The lowest BCUT2D eigenvalue weighted by molar-refractivity contribution is 0.0424. The second-order valence-electron chi connectivity index (χ2n) is 5.53. The van der Waals surface area contributed by atoms with Gasteiger partial charge in [-0.05, 0) is 29.6 Å². The number of hydrogen-bond donors (Lipinski definition) is 0. The summed E-state index contributed by atoms with van der Waals surface area (Å²) in [6.07, 6.45) is 0. The van der Waals surface area contributed by atoms with Crippen molar-refractivity contribution in [1.82, 2.24) is 14.4 Å². The zero-order valence-electron chi connectivity index (χ0n) is 14.2. The van der Waals surface area contributed by atoms with Gasteiger partial charge in [0.1, 0.15) is 5.82 Å². The van der Waals surface area contributed by atoms with Crippen molar-refractivity contribution < 1.29 is 26.9 Å². The van der Waals surface area contributed by atoms with Crippen LogP contribution in [0.5, 0.6) is 0 Å². The number of sulfonamides is 1. The number of thiophene rings is 1. The van der Waals surface area contributed by atoms with Crippen LogP contribution in [0.2, 0.25) is 0 Å². The molecule has 27 heavy (non-hydrogen) atoms. The van der Waals surface area contributed by atoms with E-state index in [1.807, 2.05) is 10.8 Å². The minimum Gasteiger partial charge on any atom is -0.452 e. The molecule has 142 valence electrons. The van der Waals surface area contributed by atoms with Crippen LogP contribution in [0.4, 0.5) is 4.39 Å². The molecule has 0 spiro atoms. The van der Waals surface area contributed by atoms with E-state index in [4.69, 9.17) is 9.26 Å². The van der Waals surface area contributed by atoms with Gasteiger partial charge in [-0.1, -0.05) is 5.16 Å². The summed E-state index contributed by atoms with van der Waals surface area (Å²) in [6.45, 7) is -0.375. The first-order chi connectivity index (χ1) is 12.8. The Morgan fingerprint density at radius 3 is 2.78 bits per heavy atom. The van der Waals surface area contributed by atoms with E-state index < -0.39 is 27.4 Å². The fourth-order valence-corrected chi connectivity index (χ4v) is 3.62. The summed E-state index contributed by atoms with van der Waals surface area (Å²) >= 11 is 1.46. The average molecular weight is 411 g/mol. The molecule has 0 unspecified atom stereocenters. The normalized spacial score (nSPS) is 11.7. The average Bonchev–Trinajstić information content (AvgIpc) is 3.31. The van der Waals surface area contributed by atoms with Gasteiger partial charge in [0.15, 0.2) is 6.61 Å². The van der Waals surface area contributed by atoms with Gasteiger partial charge in [0.2, 0.25) is 15.8 Å². The molecule has 0 amide bonds. The molecule has 0 aliphatic rings. The van der Waals surface area contributed by atoms with Gasteiger partial charge < -0.3 is 9.26 Å². The lowest BCUT2D eigenvalue weighted by Crippen LogP contribution is -2.22. The third-order valence-corrected chi connectivity index (χ3v) is 6.00. The molecular weight excluding hydrogens is 397 g/mol. The van der Waals surface area contributed by atoms with E-state index >= 15 is 0 Å². The highest BCUT2D eigenvalue weighted by Gasteiger charge is 2.22. The van der Waals surface area contributed by atoms with E-state index in [9.17, 15) is 17.6 Å². The van der Waals surface area contributed by atoms with Crippen LogP contribution in [0.15, 0.2) is 44.4 Å². The van der Waals surface area contributed by atoms with Crippen molar-refractivity contribution in [3.63, 3.8) is 0 Å². The first-order valence-corrected chi connectivity index (χ1v) is 9.91. The summed E-state index contributed by atoms with van der Waals surface area (Å²) in [5.74, 6) is -1.57. The van der Waals surface area contributed by atoms with E-state index in [0.717, 1.165) is 28.1 Å².